The first-order chi connectivity index (χ1) is 15.8. The molecule has 0 aliphatic heterocycles. The number of nitrogens with one attached hydrogen (secondary N) is 3. The highest BCUT2D eigenvalue weighted by Crippen LogP contribution is 2.17. The Balaban J connectivity index is 1.82. The molecule has 0 unspecified atom stereocenters. The maximum Gasteiger partial charge on any atom is 0.183 e. The summed E-state index contributed by atoms with van der Waals surface area (Å²) in [6.07, 6.45) is 5.24. The SMILES string of the molecule is CCC(N)(CC)CNc1nc(C(=N)/C=C(\NCc2ccccc2F)c2ccon2)ncc1F. The standard InChI is InChI=1S/C23H27F2N7O/c1-3-23(27,4-2)14-30-21-17(25)13-29-22(31-21)18(26)11-20(19-9-10-33-32-19)28-12-15-7-5-6-8-16(15)24/h5-11,13,26,28H,3-4,12,14,27H2,1-2H3,(H,29,30,31)/b20-11-,26-18?. The molecule has 2 heterocycles. The Labute approximate surface area is 190 Å². The fraction of sp³-hybridized carbons (Fsp3) is 0.304. The van der Waals surface area contributed by atoms with Gasteiger partial charge in [-0.25, -0.2) is 18.7 Å². The van der Waals surface area contributed by atoms with Crippen molar-refractivity contribution in [1.82, 2.24) is 20.4 Å². The number of anilines is 1. The lowest BCUT2D eigenvalue weighted by molar-refractivity contribution is 0.417. The summed E-state index contributed by atoms with van der Waals surface area (Å²) >= 11 is 0. The van der Waals surface area contributed by atoms with Gasteiger partial charge in [0.25, 0.3) is 0 Å². The summed E-state index contributed by atoms with van der Waals surface area (Å²) in [6.45, 7) is 4.41. The van der Waals surface area contributed by atoms with Gasteiger partial charge in [-0.2, -0.15) is 0 Å². The van der Waals surface area contributed by atoms with Crippen LogP contribution in [0.2, 0.25) is 0 Å². The van der Waals surface area contributed by atoms with Gasteiger partial charge in [-0.3, -0.25) is 5.41 Å². The number of hydrogen-bond acceptors (Lipinski definition) is 8. The Morgan fingerprint density at radius 3 is 2.61 bits per heavy atom. The summed E-state index contributed by atoms with van der Waals surface area (Å²) in [7, 11) is 0. The van der Waals surface area contributed by atoms with E-state index in [4.69, 9.17) is 15.7 Å². The molecule has 3 aromatic rings. The summed E-state index contributed by atoms with van der Waals surface area (Å²) < 4.78 is 33.2. The quantitative estimate of drug-likeness (QED) is 0.323. The lowest BCUT2D eigenvalue weighted by Gasteiger charge is -2.27. The Hall–Kier alpha value is -3.66. The van der Waals surface area contributed by atoms with Crippen LogP contribution in [0.15, 0.2) is 53.4 Å². The van der Waals surface area contributed by atoms with Gasteiger partial charge in [0.2, 0.25) is 0 Å². The molecule has 0 bridgehead atoms. The fourth-order valence-corrected chi connectivity index (χ4v) is 2.99. The molecule has 0 radical (unpaired) electrons. The molecule has 0 aliphatic carbocycles. The van der Waals surface area contributed by atoms with E-state index >= 15 is 0 Å². The molecule has 0 saturated carbocycles. The van der Waals surface area contributed by atoms with Crippen LogP contribution >= 0.6 is 0 Å². The van der Waals surface area contributed by atoms with E-state index in [0.29, 0.717) is 36.3 Å². The number of aromatic nitrogens is 3. The molecule has 0 amide bonds. The monoisotopic (exact) mass is 455 g/mol. The number of nitrogens with zero attached hydrogens (tertiary/aromatic N) is 3. The number of rotatable bonds is 11. The highest BCUT2D eigenvalue weighted by atomic mass is 19.1. The molecule has 33 heavy (non-hydrogen) atoms. The topological polar surface area (TPSA) is 126 Å². The largest absolute Gasteiger partial charge is 0.379 e. The van der Waals surface area contributed by atoms with Gasteiger partial charge in [-0.1, -0.05) is 37.2 Å². The van der Waals surface area contributed by atoms with Crippen LogP contribution in [0.5, 0.6) is 0 Å². The minimum Gasteiger partial charge on any atom is -0.379 e. The average Bonchev–Trinajstić information content (AvgIpc) is 3.36. The van der Waals surface area contributed by atoms with Crippen molar-refractivity contribution in [3.63, 3.8) is 0 Å². The molecule has 10 heteroatoms. The van der Waals surface area contributed by atoms with E-state index in [1.807, 2.05) is 13.8 Å². The summed E-state index contributed by atoms with van der Waals surface area (Å²) in [4.78, 5) is 8.09. The molecule has 5 N–H and O–H groups in total. The third kappa shape index (κ3) is 6.19. The molecular weight excluding hydrogens is 428 g/mol. The number of allylic oxidation sites excluding steroid dienone is 1. The van der Waals surface area contributed by atoms with Crippen LogP contribution in [0.4, 0.5) is 14.6 Å². The second-order valence-electron chi connectivity index (χ2n) is 7.61. The molecule has 8 nitrogen and oxygen atoms in total. The van der Waals surface area contributed by atoms with Crippen molar-refractivity contribution in [3.05, 3.63) is 77.6 Å². The minimum absolute atomic E-state index is 0.00297. The molecule has 3 rings (SSSR count). The van der Waals surface area contributed by atoms with Gasteiger partial charge in [0.05, 0.1) is 11.9 Å². The van der Waals surface area contributed by atoms with Crippen LogP contribution in [0.25, 0.3) is 5.70 Å². The minimum atomic E-state index is -0.639. The molecule has 0 saturated heterocycles. The lowest BCUT2D eigenvalue weighted by atomic mass is 9.94. The number of nitrogens with two attached hydrogens (primary N) is 1. The van der Waals surface area contributed by atoms with Crippen LogP contribution in [0.3, 0.4) is 0 Å². The average molecular weight is 456 g/mol. The predicted molar refractivity (Wildman–Crippen MR) is 123 cm³/mol. The van der Waals surface area contributed by atoms with Gasteiger partial charge in [0.15, 0.2) is 17.5 Å². The zero-order valence-corrected chi connectivity index (χ0v) is 18.5. The zero-order chi connectivity index (χ0) is 23.8. The second-order valence-corrected chi connectivity index (χ2v) is 7.61. The predicted octanol–water partition coefficient (Wildman–Crippen LogP) is 3.87. The maximum atomic E-state index is 14.3. The number of halogens is 2. The van der Waals surface area contributed by atoms with Crippen molar-refractivity contribution in [2.75, 3.05) is 11.9 Å². The zero-order valence-electron chi connectivity index (χ0n) is 18.5. The third-order valence-corrected chi connectivity index (χ3v) is 5.43. The first kappa shape index (κ1) is 24.0. The molecule has 174 valence electrons. The number of benzene rings is 1. The van der Waals surface area contributed by atoms with Crippen molar-refractivity contribution in [2.24, 2.45) is 5.73 Å². The Morgan fingerprint density at radius 2 is 1.94 bits per heavy atom. The van der Waals surface area contributed by atoms with Crippen LogP contribution in [0, 0.1) is 17.0 Å². The van der Waals surface area contributed by atoms with Gasteiger partial charge in [0, 0.05) is 30.3 Å². The highest BCUT2D eigenvalue weighted by molar-refractivity contribution is 6.07. The molecule has 1 aromatic carbocycles. The fourth-order valence-electron chi connectivity index (χ4n) is 2.99. The van der Waals surface area contributed by atoms with Crippen molar-refractivity contribution < 1.29 is 13.3 Å². The molecular formula is C23H27F2N7O. The summed E-state index contributed by atoms with van der Waals surface area (Å²) in [5.41, 5.74) is 6.94. The number of hydrogen-bond donors (Lipinski definition) is 4. The van der Waals surface area contributed by atoms with Gasteiger partial charge < -0.3 is 20.9 Å². The van der Waals surface area contributed by atoms with Gasteiger partial charge in [-0.05, 0) is 25.0 Å². The molecule has 0 fully saturated rings. The summed E-state index contributed by atoms with van der Waals surface area (Å²) in [5.74, 6) is -1.02. The van der Waals surface area contributed by atoms with E-state index in [2.05, 4.69) is 25.8 Å². The van der Waals surface area contributed by atoms with Gasteiger partial charge in [0.1, 0.15) is 23.5 Å². The van der Waals surface area contributed by atoms with Crippen molar-refractivity contribution in [1.29, 1.82) is 5.41 Å². The van der Waals surface area contributed by atoms with E-state index in [1.165, 1.54) is 18.4 Å². The van der Waals surface area contributed by atoms with Gasteiger partial charge >= 0.3 is 0 Å². The molecule has 0 atom stereocenters. The van der Waals surface area contributed by atoms with Crippen molar-refractivity contribution in [2.45, 2.75) is 38.8 Å². The van der Waals surface area contributed by atoms with Crippen molar-refractivity contribution in [3.8, 4) is 0 Å². The highest BCUT2D eigenvalue weighted by Gasteiger charge is 2.21. The van der Waals surface area contributed by atoms with E-state index in [0.717, 1.165) is 6.20 Å². The Kier molecular flexibility index (Phi) is 7.83. The van der Waals surface area contributed by atoms with Crippen molar-refractivity contribution >= 4 is 17.2 Å². The Morgan fingerprint density at radius 1 is 1.18 bits per heavy atom. The first-order valence-electron chi connectivity index (χ1n) is 10.6. The van der Waals surface area contributed by atoms with Crippen LogP contribution < -0.4 is 16.4 Å². The molecule has 0 aliphatic rings. The third-order valence-electron chi connectivity index (χ3n) is 5.43. The maximum absolute atomic E-state index is 14.3. The molecule has 0 spiro atoms. The Bertz CT molecular complexity index is 1110. The second kappa shape index (κ2) is 10.8. The summed E-state index contributed by atoms with van der Waals surface area (Å²) in [5, 5.41) is 18.3. The van der Waals surface area contributed by atoms with E-state index in [-0.39, 0.29) is 29.7 Å². The van der Waals surface area contributed by atoms with Crippen LogP contribution in [-0.4, -0.2) is 32.9 Å². The smallest absolute Gasteiger partial charge is 0.183 e. The lowest BCUT2D eigenvalue weighted by Crippen LogP contribution is -2.45. The summed E-state index contributed by atoms with van der Waals surface area (Å²) in [6, 6.07) is 7.96. The normalized spacial score (nSPS) is 12.0. The molecule has 2 aromatic heterocycles. The van der Waals surface area contributed by atoms with E-state index < -0.39 is 11.4 Å². The van der Waals surface area contributed by atoms with Gasteiger partial charge in [-0.15, -0.1) is 0 Å². The van der Waals surface area contributed by atoms with E-state index in [9.17, 15) is 8.78 Å². The van der Waals surface area contributed by atoms with Crippen LogP contribution in [0.1, 0.15) is 43.8 Å². The van der Waals surface area contributed by atoms with Crippen LogP contribution in [-0.2, 0) is 6.54 Å². The first-order valence-corrected chi connectivity index (χ1v) is 10.6. The van der Waals surface area contributed by atoms with E-state index in [1.54, 1.807) is 24.3 Å².